The van der Waals surface area contributed by atoms with Crippen LogP contribution in [0.2, 0.25) is 0 Å². The summed E-state index contributed by atoms with van der Waals surface area (Å²) >= 11 is 0. The minimum atomic E-state index is 0.260. The van der Waals surface area contributed by atoms with E-state index in [1.165, 1.54) is 0 Å². The summed E-state index contributed by atoms with van der Waals surface area (Å²) in [7, 11) is 3.24. The van der Waals surface area contributed by atoms with Crippen molar-refractivity contribution in [1.82, 2.24) is 4.98 Å². The maximum absolute atomic E-state index is 5.80. The number of pyridine rings is 1. The van der Waals surface area contributed by atoms with Gasteiger partial charge in [0.05, 0.1) is 20.4 Å². The second-order valence-electron chi connectivity index (χ2n) is 3.47. The van der Waals surface area contributed by atoms with Crippen LogP contribution in [-0.2, 0) is 0 Å². The predicted octanol–water partition coefficient (Wildman–Crippen LogP) is 0.913. The van der Waals surface area contributed by atoms with Crippen LogP contribution in [0.4, 0.5) is 0 Å². The summed E-state index contributed by atoms with van der Waals surface area (Å²) in [5.41, 5.74) is 6.90. The number of hydrogen-bond donors (Lipinski definition) is 1. The maximum atomic E-state index is 5.80. The molecule has 0 amide bonds. The topological polar surface area (TPSA) is 57.4 Å². The first-order chi connectivity index (χ1) is 6.76. The normalized spacial score (nSPS) is 24.5. The van der Waals surface area contributed by atoms with Gasteiger partial charge < -0.3 is 15.2 Å². The number of aromatic nitrogens is 1. The standard InChI is InChI=1S/C10H14N2O2/c1-13-9-5-12-10(14-2)4-7(9)6-3-8(6)11/h4-6,8H,3,11H2,1-2H3/t6-,8+/m0/s1. The van der Waals surface area contributed by atoms with Crippen LogP contribution in [0, 0.1) is 0 Å². The van der Waals surface area contributed by atoms with Crippen molar-refractivity contribution in [3.05, 3.63) is 17.8 Å². The Balaban J connectivity index is 2.33. The lowest BCUT2D eigenvalue weighted by molar-refractivity contribution is 0.384. The molecule has 0 radical (unpaired) electrons. The van der Waals surface area contributed by atoms with Gasteiger partial charge in [-0.1, -0.05) is 0 Å². The summed E-state index contributed by atoms with van der Waals surface area (Å²) in [5, 5.41) is 0. The summed E-state index contributed by atoms with van der Waals surface area (Å²) in [4.78, 5) is 4.08. The SMILES string of the molecule is COc1cc([C@@H]2C[C@H]2N)c(OC)cn1. The number of rotatable bonds is 3. The van der Waals surface area contributed by atoms with Crippen LogP contribution >= 0.6 is 0 Å². The lowest BCUT2D eigenvalue weighted by Crippen LogP contribution is -2.03. The average Bonchev–Trinajstić information content (AvgIpc) is 2.94. The molecule has 0 spiro atoms. The van der Waals surface area contributed by atoms with Crippen molar-refractivity contribution in [2.24, 2.45) is 5.73 Å². The van der Waals surface area contributed by atoms with Crippen LogP contribution in [0.25, 0.3) is 0 Å². The van der Waals surface area contributed by atoms with Crippen molar-refractivity contribution in [3.8, 4) is 11.6 Å². The van der Waals surface area contributed by atoms with Gasteiger partial charge in [0, 0.05) is 23.6 Å². The Morgan fingerprint density at radius 3 is 2.64 bits per heavy atom. The largest absolute Gasteiger partial charge is 0.495 e. The molecule has 76 valence electrons. The third-order valence-corrected chi connectivity index (χ3v) is 2.54. The third kappa shape index (κ3) is 1.53. The van der Waals surface area contributed by atoms with E-state index in [0.29, 0.717) is 11.8 Å². The van der Waals surface area contributed by atoms with Gasteiger partial charge in [0.25, 0.3) is 0 Å². The summed E-state index contributed by atoms with van der Waals surface area (Å²) in [6.07, 6.45) is 2.70. The fourth-order valence-corrected chi connectivity index (χ4v) is 1.58. The second-order valence-corrected chi connectivity index (χ2v) is 3.47. The molecule has 0 saturated heterocycles. The van der Waals surface area contributed by atoms with Crippen LogP contribution in [0.15, 0.2) is 12.3 Å². The summed E-state index contributed by atoms with van der Waals surface area (Å²) in [5.74, 6) is 1.81. The van der Waals surface area contributed by atoms with E-state index in [2.05, 4.69) is 4.98 Å². The van der Waals surface area contributed by atoms with Crippen molar-refractivity contribution in [2.45, 2.75) is 18.4 Å². The van der Waals surface area contributed by atoms with Gasteiger partial charge in [-0.25, -0.2) is 4.98 Å². The van der Waals surface area contributed by atoms with Crippen LogP contribution in [0.5, 0.6) is 11.6 Å². The van der Waals surface area contributed by atoms with Gasteiger partial charge in [-0.2, -0.15) is 0 Å². The van der Waals surface area contributed by atoms with Gasteiger partial charge in [-0.3, -0.25) is 0 Å². The van der Waals surface area contributed by atoms with E-state index in [4.69, 9.17) is 15.2 Å². The van der Waals surface area contributed by atoms with E-state index in [0.717, 1.165) is 17.7 Å². The molecule has 1 aliphatic rings. The highest BCUT2D eigenvalue weighted by molar-refractivity contribution is 5.41. The van der Waals surface area contributed by atoms with Crippen molar-refractivity contribution in [1.29, 1.82) is 0 Å². The highest BCUT2D eigenvalue weighted by Crippen LogP contribution is 2.43. The highest BCUT2D eigenvalue weighted by Gasteiger charge is 2.37. The van der Waals surface area contributed by atoms with Crippen LogP contribution < -0.4 is 15.2 Å². The highest BCUT2D eigenvalue weighted by atomic mass is 16.5. The zero-order chi connectivity index (χ0) is 10.1. The quantitative estimate of drug-likeness (QED) is 0.777. The van der Waals surface area contributed by atoms with Crippen molar-refractivity contribution in [2.75, 3.05) is 14.2 Å². The van der Waals surface area contributed by atoms with Crippen molar-refractivity contribution < 1.29 is 9.47 Å². The molecule has 1 fully saturated rings. The van der Waals surface area contributed by atoms with Crippen LogP contribution in [0.3, 0.4) is 0 Å². The molecule has 1 saturated carbocycles. The molecule has 1 aromatic rings. The molecule has 1 heterocycles. The van der Waals surface area contributed by atoms with E-state index < -0.39 is 0 Å². The molecule has 14 heavy (non-hydrogen) atoms. The van der Waals surface area contributed by atoms with Gasteiger partial charge in [0.15, 0.2) is 0 Å². The summed E-state index contributed by atoms with van der Waals surface area (Å²) < 4.78 is 10.3. The molecule has 1 aliphatic carbocycles. The smallest absolute Gasteiger partial charge is 0.213 e. The first-order valence-electron chi connectivity index (χ1n) is 4.59. The molecule has 1 aromatic heterocycles. The average molecular weight is 194 g/mol. The first-order valence-corrected chi connectivity index (χ1v) is 4.59. The molecule has 4 heteroatoms. The molecule has 2 rings (SSSR count). The summed E-state index contributed by atoms with van der Waals surface area (Å²) in [6, 6.07) is 2.16. The Bertz CT molecular complexity index is 341. The monoisotopic (exact) mass is 194 g/mol. The fraction of sp³-hybridized carbons (Fsp3) is 0.500. The lowest BCUT2D eigenvalue weighted by atomic mass is 10.1. The maximum Gasteiger partial charge on any atom is 0.213 e. The fourth-order valence-electron chi connectivity index (χ4n) is 1.58. The first kappa shape index (κ1) is 9.27. The van der Waals surface area contributed by atoms with Crippen molar-refractivity contribution in [3.63, 3.8) is 0 Å². The number of nitrogens with two attached hydrogens (primary N) is 1. The zero-order valence-corrected chi connectivity index (χ0v) is 8.36. The molecule has 2 atom stereocenters. The van der Waals surface area contributed by atoms with E-state index in [-0.39, 0.29) is 6.04 Å². The van der Waals surface area contributed by atoms with Gasteiger partial charge >= 0.3 is 0 Å². The van der Waals surface area contributed by atoms with E-state index in [1.54, 1.807) is 20.4 Å². The molecule has 0 bridgehead atoms. The Labute approximate surface area is 83.0 Å². The molecular formula is C10H14N2O2. The lowest BCUT2D eigenvalue weighted by Gasteiger charge is -2.08. The molecule has 0 aliphatic heterocycles. The second kappa shape index (κ2) is 3.46. The molecular weight excluding hydrogens is 180 g/mol. The van der Waals surface area contributed by atoms with Gasteiger partial charge in [-0.05, 0) is 6.42 Å². The summed E-state index contributed by atoms with van der Waals surface area (Å²) in [6.45, 7) is 0. The molecule has 0 aromatic carbocycles. The Morgan fingerprint density at radius 1 is 1.43 bits per heavy atom. The molecule has 0 unspecified atom stereocenters. The van der Waals surface area contributed by atoms with Crippen molar-refractivity contribution >= 4 is 0 Å². The van der Waals surface area contributed by atoms with Gasteiger partial charge in [-0.15, -0.1) is 0 Å². The minimum Gasteiger partial charge on any atom is -0.495 e. The zero-order valence-electron chi connectivity index (χ0n) is 8.36. The Hall–Kier alpha value is -1.29. The van der Waals surface area contributed by atoms with E-state index in [9.17, 15) is 0 Å². The number of methoxy groups -OCH3 is 2. The number of nitrogens with zero attached hydrogens (tertiary/aromatic N) is 1. The van der Waals surface area contributed by atoms with E-state index >= 15 is 0 Å². The van der Waals surface area contributed by atoms with Gasteiger partial charge in [0.1, 0.15) is 5.75 Å². The number of ether oxygens (including phenoxy) is 2. The van der Waals surface area contributed by atoms with E-state index in [1.807, 2.05) is 6.07 Å². The van der Waals surface area contributed by atoms with Gasteiger partial charge in [0.2, 0.25) is 5.88 Å². The predicted molar refractivity (Wildman–Crippen MR) is 52.7 cm³/mol. The molecule has 4 nitrogen and oxygen atoms in total. The Kier molecular flexibility index (Phi) is 2.29. The molecule has 2 N–H and O–H groups in total. The van der Waals surface area contributed by atoms with Crippen LogP contribution in [-0.4, -0.2) is 25.2 Å². The number of hydrogen-bond acceptors (Lipinski definition) is 4. The third-order valence-electron chi connectivity index (χ3n) is 2.54. The Morgan fingerprint density at radius 2 is 2.14 bits per heavy atom. The minimum absolute atomic E-state index is 0.260. The van der Waals surface area contributed by atoms with Crippen LogP contribution in [0.1, 0.15) is 17.9 Å².